The van der Waals surface area contributed by atoms with Crippen molar-refractivity contribution in [1.82, 2.24) is 34.7 Å². The van der Waals surface area contributed by atoms with E-state index in [0.717, 1.165) is 17.7 Å². The molecule has 3 aliphatic rings. The van der Waals surface area contributed by atoms with Crippen LogP contribution in [0.5, 0.6) is 5.88 Å². The molecule has 6 bridgehead atoms. The Morgan fingerprint density at radius 3 is 2.54 bits per heavy atom. The zero-order valence-electron chi connectivity index (χ0n) is 31.5. The van der Waals surface area contributed by atoms with Gasteiger partial charge in [0.05, 0.1) is 43.3 Å². The van der Waals surface area contributed by atoms with Gasteiger partial charge in [0.25, 0.3) is 5.91 Å². The average molecular weight is 774 g/mol. The summed E-state index contributed by atoms with van der Waals surface area (Å²) in [5.74, 6) is -1.09. The third-order valence-corrected chi connectivity index (χ3v) is 11.1. The minimum atomic E-state index is -4.67. The first-order valence-electron chi connectivity index (χ1n) is 19.2. The smallest absolute Gasteiger partial charge is 0.416 e. The fourth-order valence-corrected chi connectivity index (χ4v) is 8.03. The van der Waals surface area contributed by atoms with Crippen molar-refractivity contribution < 1.29 is 37.0 Å². The van der Waals surface area contributed by atoms with Crippen molar-refractivity contribution in [2.24, 2.45) is 11.8 Å². The molecule has 3 aliphatic heterocycles. The molecule has 4 aromatic rings. The number of nitrogens with zero attached hydrogens (tertiary/aromatic N) is 7. The van der Waals surface area contributed by atoms with Gasteiger partial charge in [-0.15, -0.1) is 5.10 Å². The molecule has 2 saturated heterocycles. The number of alkyl halides is 3. The van der Waals surface area contributed by atoms with Gasteiger partial charge in [-0.1, -0.05) is 47.7 Å². The van der Waals surface area contributed by atoms with Gasteiger partial charge in [-0.2, -0.15) is 13.2 Å². The van der Waals surface area contributed by atoms with Crippen molar-refractivity contribution in [3.63, 3.8) is 0 Å². The highest BCUT2D eigenvalue weighted by molar-refractivity contribution is 5.99. The van der Waals surface area contributed by atoms with Gasteiger partial charge in [0.1, 0.15) is 11.7 Å². The molecule has 0 aliphatic carbocycles. The van der Waals surface area contributed by atoms with Crippen LogP contribution in [0.1, 0.15) is 66.7 Å². The third kappa shape index (κ3) is 8.88. The van der Waals surface area contributed by atoms with Crippen LogP contribution in [0.4, 0.5) is 13.2 Å². The Morgan fingerprint density at radius 2 is 1.77 bits per heavy atom. The number of ether oxygens (including phenoxy) is 2. The molecule has 2 aromatic heterocycles. The molecular formula is C41H46F3N7O5. The number of fused-ring (bicyclic) bond motifs is 8. The number of carbonyl (C=O) groups excluding carboxylic acids is 3. The van der Waals surface area contributed by atoms with Crippen molar-refractivity contribution >= 4 is 17.7 Å². The van der Waals surface area contributed by atoms with E-state index >= 15 is 0 Å². The number of rotatable bonds is 9. The second-order valence-electron chi connectivity index (χ2n) is 14.7. The van der Waals surface area contributed by atoms with E-state index in [0.29, 0.717) is 56.8 Å². The number of pyridine rings is 1. The third-order valence-electron chi connectivity index (χ3n) is 11.1. The first kappa shape index (κ1) is 38.9. The van der Waals surface area contributed by atoms with E-state index in [2.05, 4.69) is 15.3 Å². The number of piperidine rings is 1. The molecular weight excluding hydrogens is 727 g/mol. The van der Waals surface area contributed by atoms with E-state index in [9.17, 15) is 27.6 Å². The Hall–Kier alpha value is -5.31. The van der Waals surface area contributed by atoms with Crippen molar-refractivity contribution in [2.75, 3.05) is 39.3 Å². The highest BCUT2D eigenvalue weighted by Crippen LogP contribution is 2.36. The minimum Gasteiger partial charge on any atom is -0.478 e. The number of aromatic nitrogens is 4. The van der Waals surface area contributed by atoms with E-state index in [1.807, 2.05) is 44.2 Å². The number of hydrogen-bond acceptors (Lipinski definition) is 8. The van der Waals surface area contributed by atoms with E-state index in [1.54, 1.807) is 38.9 Å². The molecule has 3 amide bonds. The number of amides is 3. The largest absolute Gasteiger partial charge is 0.478 e. The maximum atomic E-state index is 14.5. The summed E-state index contributed by atoms with van der Waals surface area (Å²) < 4.78 is 56.3. The standard InChI is InChI=1S/C41H46F3N7O5/c1-3-48(4-2)38(52)18-28-13-15-49-23-31(28)14-16-55-37-20-32(41(42,43)44)19-35(45-37)29-11-8-12-30(17-29)39(53)51-25-34(21-36(51)40(49)54)56-26-33-24-50(47-46-33)22-27-9-6-5-7-10-27/h5-12,17,19-20,24,28,31,34,36H,3-4,13-16,18,21-23,25-26H2,1-2H3/t28-,31-,34+,36-/m0/s1. The lowest BCUT2D eigenvalue weighted by molar-refractivity contribution is -0.139. The van der Waals surface area contributed by atoms with Crippen LogP contribution < -0.4 is 4.74 Å². The molecule has 2 fully saturated rings. The predicted molar refractivity (Wildman–Crippen MR) is 199 cm³/mol. The molecule has 0 spiro atoms. The van der Waals surface area contributed by atoms with Gasteiger partial charge in [0.2, 0.25) is 17.7 Å². The molecule has 5 heterocycles. The van der Waals surface area contributed by atoms with Crippen molar-refractivity contribution in [2.45, 2.75) is 71.0 Å². The summed E-state index contributed by atoms with van der Waals surface area (Å²) >= 11 is 0. The summed E-state index contributed by atoms with van der Waals surface area (Å²) in [5.41, 5.74) is 1.24. The maximum Gasteiger partial charge on any atom is 0.416 e. The molecule has 2 aromatic carbocycles. The lowest BCUT2D eigenvalue weighted by Crippen LogP contribution is -2.52. The van der Waals surface area contributed by atoms with Crippen LogP contribution in [0.2, 0.25) is 0 Å². The fraction of sp³-hybridized carbons (Fsp3) is 0.463. The van der Waals surface area contributed by atoms with Gasteiger partial charge in [0, 0.05) is 62.8 Å². The van der Waals surface area contributed by atoms with Gasteiger partial charge in [-0.25, -0.2) is 9.67 Å². The molecule has 7 rings (SSSR count). The van der Waals surface area contributed by atoms with Crippen LogP contribution in [0.3, 0.4) is 0 Å². The predicted octanol–water partition coefficient (Wildman–Crippen LogP) is 5.71. The van der Waals surface area contributed by atoms with Crippen LogP contribution in [-0.4, -0.2) is 104 Å². The fourth-order valence-electron chi connectivity index (χ4n) is 8.03. The summed E-state index contributed by atoms with van der Waals surface area (Å²) in [4.78, 5) is 51.6. The zero-order valence-corrected chi connectivity index (χ0v) is 31.5. The number of carbonyl (C=O) groups is 3. The molecule has 296 valence electrons. The normalized spacial score (nSPS) is 21.4. The summed E-state index contributed by atoms with van der Waals surface area (Å²) in [6, 6.07) is 17.1. The van der Waals surface area contributed by atoms with Crippen LogP contribution >= 0.6 is 0 Å². The van der Waals surface area contributed by atoms with Crippen molar-refractivity contribution in [3.05, 3.63) is 95.3 Å². The van der Waals surface area contributed by atoms with Gasteiger partial charge in [-0.05, 0) is 62.3 Å². The highest BCUT2D eigenvalue weighted by Gasteiger charge is 2.44. The zero-order chi connectivity index (χ0) is 39.4. The minimum absolute atomic E-state index is 0.00123. The second kappa shape index (κ2) is 16.8. The quantitative estimate of drug-likeness (QED) is 0.212. The van der Waals surface area contributed by atoms with Gasteiger partial charge in [-0.3, -0.25) is 14.4 Å². The van der Waals surface area contributed by atoms with Crippen LogP contribution in [0.15, 0.2) is 72.9 Å². The molecule has 0 saturated carbocycles. The molecule has 12 nitrogen and oxygen atoms in total. The molecule has 0 unspecified atom stereocenters. The number of hydrogen-bond donors (Lipinski definition) is 0. The highest BCUT2D eigenvalue weighted by atomic mass is 19.4. The van der Waals surface area contributed by atoms with Crippen LogP contribution in [0, 0.1) is 11.8 Å². The summed E-state index contributed by atoms with van der Waals surface area (Å²) in [5, 5.41) is 8.49. The monoisotopic (exact) mass is 773 g/mol. The van der Waals surface area contributed by atoms with Crippen LogP contribution in [-0.2, 0) is 33.7 Å². The maximum absolute atomic E-state index is 14.5. The van der Waals surface area contributed by atoms with Crippen molar-refractivity contribution in [3.8, 4) is 17.1 Å². The lowest BCUT2D eigenvalue weighted by atomic mass is 9.80. The van der Waals surface area contributed by atoms with Gasteiger partial charge >= 0.3 is 6.18 Å². The Labute approximate surface area is 323 Å². The van der Waals surface area contributed by atoms with Gasteiger partial charge < -0.3 is 24.2 Å². The Kier molecular flexibility index (Phi) is 11.7. The summed E-state index contributed by atoms with van der Waals surface area (Å²) in [6.45, 7) is 6.53. The SMILES string of the molecule is CCN(CC)C(=O)C[C@@H]1CCN2C[C@@H]1CCOc1cc(C(F)(F)F)cc(n1)-c1cccc(c1)C(=O)N1C[C@H](OCc3cn(Cc4ccccc4)nn3)C[C@H]1C2=O. The number of halogens is 3. The summed E-state index contributed by atoms with van der Waals surface area (Å²) in [6.07, 6.45) is -1.90. The number of benzene rings is 2. The first-order chi connectivity index (χ1) is 27.0. The molecule has 56 heavy (non-hydrogen) atoms. The second-order valence-corrected chi connectivity index (χ2v) is 14.7. The van der Waals surface area contributed by atoms with Gasteiger partial charge in [0.15, 0.2) is 0 Å². The Bertz CT molecular complexity index is 2020. The molecule has 0 N–H and O–H groups in total. The van der Waals surface area contributed by atoms with Crippen molar-refractivity contribution in [1.29, 1.82) is 0 Å². The summed E-state index contributed by atoms with van der Waals surface area (Å²) in [7, 11) is 0. The van der Waals surface area contributed by atoms with E-state index in [-0.39, 0.29) is 73.4 Å². The average Bonchev–Trinajstić information content (AvgIpc) is 3.84. The van der Waals surface area contributed by atoms with E-state index in [1.165, 1.54) is 11.0 Å². The molecule has 15 heteroatoms. The van der Waals surface area contributed by atoms with E-state index in [4.69, 9.17) is 9.47 Å². The first-order valence-corrected chi connectivity index (χ1v) is 19.2. The Morgan fingerprint density at radius 1 is 0.982 bits per heavy atom. The van der Waals surface area contributed by atoms with Crippen LogP contribution in [0.25, 0.3) is 11.3 Å². The van der Waals surface area contributed by atoms with E-state index < -0.39 is 29.8 Å². The topological polar surface area (TPSA) is 123 Å². The molecule has 0 radical (unpaired) electrons. The Balaban J connectivity index is 1.17. The molecule has 4 atom stereocenters. The lowest BCUT2D eigenvalue weighted by Gasteiger charge is -2.41.